The van der Waals surface area contributed by atoms with E-state index in [0.29, 0.717) is 5.56 Å². The number of carbonyl (C=O) groups is 5. The Morgan fingerprint density at radius 2 is 1.52 bits per heavy atom. The molecule has 2 saturated heterocycles. The number of thiocarbonyl (C=S) groups is 1. The number of esters is 4. The number of nitro benzene ring substituents is 1. The second kappa shape index (κ2) is 13.0. The van der Waals surface area contributed by atoms with Gasteiger partial charge >= 0.3 is 23.9 Å². The van der Waals surface area contributed by atoms with Crippen LogP contribution in [0.15, 0.2) is 29.2 Å². The highest BCUT2D eigenvalue weighted by Gasteiger charge is 2.56. The van der Waals surface area contributed by atoms with E-state index in [4.69, 9.17) is 35.9 Å². The van der Waals surface area contributed by atoms with E-state index in [1.165, 1.54) is 30.3 Å². The van der Waals surface area contributed by atoms with Crippen molar-refractivity contribution in [1.82, 2.24) is 4.90 Å². The number of thioether (sulfide) groups is 1. The Bertz CT molecular complexity index is 1260. The molecule has 0 aliphatic carbocycles. The average molecular weight is 597 g/mol. The Kier molecular flexibility index (Phi) is 9.94. The Morgan fingerprint density at radius 1 is 0.975 bits per heavy atom. The number of carbonyl (C=O) groups excluding carboxylic acids is 5. The summed E-state index contributed by atoms with van der Waals surface area (Å²) < 4.78 is 27.2. The minimum Gasteiger partial charge on any atom is -0.463 e. The molecule has 1 aromatic rings. The maximum atomic E-state index is 13.5. The Balaban J connectivity index is 2.03. The van der Waals surface area contributed by atoms with Gasteiger partial charge in [-0.2, -0.15) is 0 Å². The lowest BCUT2D eigenvalue weighted by Gasteiger charge is -2.46. The van der Waals surface area contributed by atoms with Crippen molar-refractivity contribution < 1.29 is 52.6 Å². The van der Waals surface area contributed by atoms with Gasteiger partial charge in [-0.05, 0) is 23.8 Å². The third-order valence-electron chi connectivity index (χ3n) is 5.45. The summed E-state index contributed by atoms with van der Waals surface area (Å²) in [5, 5.41) is 10.9. The van der Waals surface area contributed by atoms with Gasteiger partial charge in [0.2, 0.25) is 0 Å². The molecule has 214 valence electrons. The Hall–Kier alpha value is -3.89. The smallest absolute Gasteiger partial charge is 0.303 e. The van der Waals surface area contributed by atoms with E-state index < -0.39 is 72.0 Å². The summed E-state index contributed by atoms with van der Waals surface area (Å²) in [5.41, 5.74) is 0.329. The van der Waals surface area contributed by atoms with Gasteiger partial charge in [-0.25, -0.2) is 0 Å². The molecule has 5 atom stereocenters. The van der Waals surface area contributed by atoms with Crippen LogP contribution in [0, 0.1) is 10.1 Å². The van der Waals surface area contributed by atoms with Crippen molar-refractivity contribution in [3.63, 3.8) is 0 Å². The molecule has 2 heterocycles. The molecule has 0 bridgehead atoms. The van der Waals surface area contributed by atoms with Crippen molar-refractivity contribution in [3.8, 4) is 0 Å². The van der Waals surface area contributed by atoms with Crippen LogP contribution in [0.5, 0.6) is 0 Å². The van der Waals surface area contributed by atoms with Crippen molar-refractivity contribution in [2.75, 3.05) is 6.61 Å². The molecule has 40 heavy (non-hydrogen) atoms. The first-order valence-electron chi connectivity index (χ1n) is 11.6. The van der Waals surface area contributed by atoms with Crippen LogP contribution >= 0.6 is 24.0 Å². The summed E-state index contributed by atoms with van der Waals surface area (Å²) in [5.74, 6) is -3.81. The van der Waals surface area contributed by atoms with E-state index in [1.807, 2.05) is 0 Å². The lowest BCUT2D eigenvalue weighted by molar-refractivity contribution is -0.384. The first-order chi connectivity index (χ1) is 18.8. The van der Waals surface area contributed by atoms with E-state index in [2.05, 4.69) is 0 Å². The van der Waals surface area contributed by atoms with Gasteiger partial charge in [0.1, 0.15) is 12.7 Å². The molecule has 2 aliphatic rings. The molecular weight excluding hydrogens is 572 g/mol. The van der Waals surface area contributed by atoms with E-state index in [-0.39, 0.29) is 14.9 Å². The standard InChI is InChI=1S/C24H24N2O12S2/c1-11(27)34-10-17-19(35-12(2)28)20(36-13(3)29)21(37-14(4)30)23(38-17)25-22(31)18(40-24(25)39)9-15-5-7-16(8-6-15)26(32)33/h5-9,17,19-21,23H,10H2,1-4H3/b18-9-. The molecule has 1 amide bonds. The maximum Gasteiger partial charge on any atom is 0.303 e. The van der Waals surface area contributed by atoms with Gasteiger partial charge in [-0.15, -0.1) is 0 Å². The molecule has 14 nitrogen and oxygen atoms in total. The van der Waals surface area contributed by atoms with Gasteiger partial charge in [0.25, 0.3) is 11.6 Å². The van der Waals surface area contributed by atoms with Crippen LogP contribution in [-0.4, -0.2) is 81.2 Å². The zero-order valence-corrected chi connectivity index (χ0v) is 23.2. The zero-order chi connectivity index (χ0) is 29.7. The number of nitrogens with zero attached hydrogens (tertiary/aromatic N) is 2. The number of rotatable bonds is 8. The molecule has 5 unspecified atom stereocenters. The van der Waals surface area contributed by atoms with E-state index in [0.717, 1.165) is 44.4 Å². The van der Waals surface area contributed by atoms with Crippen molar-refractivity contribution in [3.05, 3.63) is 44.8 Å². The summed E-state index contributed by atoms with van der Waals surface area (Å²) in [6.45, 7) is 3.91. The second-order valence-corrected chi connectivity index (χ2v) is 10.2. The summed E-state index contributed by atoms with van der Waals surface area (Å²) in [4.78, 5) is 72.6. The van der Waals surface area contributed by atoms with Gasteiger partial charge < -0.3 is 23.7 Å². The topological polar surface area (TPSA) is 178 Å². The quantitative estimate of drug-likeness (QED) is 0.106. The van der Waals surface area contributed by atoms with Crippen molar-refractivity contribution >= 4 is 69.8 Å². The third kappa shape index (κ3) is 7.40. The van der Waals surface area contributed by atoms with Crippen molar-refractivity contribution in [2.45, 2.75) is 58.3 Å². The molecule has 1 aromatic carbocycles. The largest absolute Gasteiger partial charge is 0.463 e. The van der Waals surface area contributed by atoms with E-state index >= 15 is 0 Å². The van der Waals surface area contributed by atoms with Gasteiger partial charge in [0, 0.05) is 39.8 Å². The highest BCUT2D eigenvalue weighted by Crippen LogP contribution is 2.39. The second-order valence-electron chi connectivity index (χ2n) is 8.49. The highest BCUT2D eigenvalue weighted by atomic mass is 32.2. The number of hydrogen-bond acceptors (Lipinski definition) is 14. The molecular formula is C24H24N2O12S2. The number of amides is 1. The third-order valence-corrected chi connectivity index (χ3v) is 6.78. The van der Waals surface area contributed by atoms with Crippen molar-refractivity contribution in [1.29, 1.82) is 0 Å². The summed E-state index contributed by atoms with van der Waals surface area (Å²) >= 11 is 6.31. The van der Waals surface area contributed by atoms with E-state index in [9.17, 15) is 34.1 Å². The fourth-order valence-electron chi connectivity index (χ4n) is 3.96. The predicted molar refractivity (Wildman–Crippen MR) is 140 cm³/mol. The predicted octanol–water partition coefficient (Wildman–Crippen LogP) is 1.88. The average Bonchev–Trinajstić information content (AvgIpc) is 3.12. The molecule has 2 aliphatic heterocycles. The Morgan fingerprint density at radius 3 is 2.05 bits per heavy atom. The van der Waals surface area contributed by atoms with Crippen LogP contribution in [0.3, 0.4) is 0 Å². The number of benzene rings is 1. The summed E-state index contributed by atoms with van der Waals surface area (Å²) in [6.07, 6.45) is -5.69. The van der Waals surface area contributed by atoms with Crippen LogP contribution in [0.1, 0.15) is 33.3 Å². The SMILES string of the molecule is CC(=O)OCC1OC(N2C(=O)/C(=C/c3ccc([N+](=O)[O-])cc3)SC2=S)C(OC(C)=O)C(OC(C)=O)C1OC(C)=O. The summed E-state index contributed by atoms with van der Waals surface area (Å²) in [6, 6.07) is 5.43. The van der Waals surface area contributed by atoms with Crippen LogP contribution in [0.2, 0.25) is 0 Å². The molecule has 0 N–H and O–H groups in total. The van der Waals surface area contributed by atoms with E-state index in [1.54, 1.807) is 0 Å². The number of hydrogen-bond donors (Lipinski definition) is 0. The number of nitro groups is 1. The normalized spacial score (nSPS) is 25.4. The van der Waals surface area contributed by atoms with Crippen LogP contribution in [-0.2, 0) is 47.7 Å². The minimum absolute atomic E-state index is 0.0148. The van der Waals surface area contributed by atoms with Crippen LogP contribution < -0.4 is 0 Å². The first-order valence-corrected chi connectivity index (χ1v) is 12.8. The van der Waals surface area contributed by atoms with Crippen molar-refractivity contribution in [2.24, 2.45) is 0 Å². The number of non-ortho nitro benzene ring substituents is 1. The first kappa shape index (κ1) is 30.6. The lowest BCUT2D eigenvalue weighted by atomic mass is 9.96. The lowest BCUT2D eigenvalue weighted by Crippen LogP contribution is -2.66. The van der Waals surface area contributed by atoms with Crippen LogP contribution in [0.4, 0.5) is 5.69 Å². The van der Waals surface area contributed by atoms with Gasteiger partial charge in [-0.1, -0.05) is 24.0 Å². The zero-order valence-electron chi connectivity index (χ0n) is 21.6. The monoisotopic (exact) mass is 596 g/mol. The fraction of sp³-hybridized carbons (Fsp3) is 0.417. The maximum absolute atomic E-state index is 13.5. The van der Waals surface area contributed by atoms with Gasteiger partial charge in [-0.3, -0.25) is 39.0 Å². The highest BCUT2D eigenvalue weighted by molar-refractivity contribution is 8.26. The van der Waals surface area contributed by atoms with Gasteiger partial charge in [0.15, 0.2) is 28.9 Å². The Labute approximate surface area is 237 Å². The number of ether oxygens (including phenoxy) is 5. The molecule has 3 rings (SSSR count). The fourth-order valence-corrected chi connectivity index (χ4v) is 5.27. The molecule has 0 saturated carbocycles. The summed E-state index contributed by atoms with van der Waals surface area (Å²) in [7, 11) is 0. The van der Waals surface area contributed by atoms with Crippen LogP contribution in [0.25, 0.3) is 6.08 Å². The molecule has 2 fully saturated rings. The van der Waals surface area contributed by atoms with Gasteiger partial charge in [0.05, 0.1) is 9.83 Å². The minimum atomic E-state index is -1.51. The molecule has 0 aromatic heterocycles. The molecule has 0 spiro atoms. The molecule has 0 radical (unpaired) electrons. The molecule has 16 heteroatoms.